The Morgan fingerprint density at radius 2 is 2.14 bits per heavy atom. The van der Waals surface area contributed by atoms with E-state index < -0.39 is 0 Å². The van der Waals surface area contributed by atoms with Gasteiger partial charge in [-0.25, -0.2) is 4.68 Å². The molecule has 1 aromatic heterocycles. The Morgan fingerprint density at radius 1 is 1.38 bits per heavy atom. The predicted molar refractivity (Wildman–Crippen MR) is 86.4 cm³/mol. The summed E-state index contributed by atoms with van der Waals surface area (Å²) in [6.45, 7) is 5.05. The van der Waals surface area contributed by atoms with Crippen molar-refractivity contribution in [3.05, 3.63) is 47.7 Å². The molecule has 0 spiro atoms. The Hall–Kier alpha value is -1.75. The van der Waals surface area contributed by atoms with E-state index in [1.54, 1.807) is 11.8 Å². The van der Waals surface area contributed by atoms with Gasteiger partial charge in [0.1, 0.15) is 5.82 Å². The van der Waals surface area contributed by atoms with Crippen LogP contribution in [0.25, 0.3) is 0 Å². The summed E-state index contributed by atoms with van der Waals surface area (Å²) in [6.07, 6.45) is 1.90. The van der Waals surface area contributed by atoms with Crippen LogP contribution in [0.3, 0.4) is 0 Å². The van der Waals surface area contributed by atoms with E-state index in [4.69, 9.17) is 0 Å². The van der Waals surface area contributed by atoms with Crippen molar-refractivity contribution in [3.8, 4) is 0 Å². The van der Waals surface area contributed by atoms with E-state index in [1.165, 1.54) is 5.56 Å². The van der Waals surface area contributed by atoms with Gasteiger partial charge in [-0.2, -0.15) is 5.10 Å². The Kier molecular flexibility index (Phi) is 4.01. The quantitative estimate of drug-likeness (QED) is 0.946. The first-order chi connectivity index (χ1) is 10.1. The average molecular weight is 301 g/mol. The highest BCUT2D eigenvalue weighted by molar-refractivity contribution is 8.00. The van der Waals surface area contributed by atoms with Gasteiger partial charge >= 0.3 is 0 Å². The third-order valence-electron chi connectivity index (χ3n) is 3.61. The van der Waals surface area contributed by atoms with E-state index >= 15 is 0 Å². The molecule has 0 saturated carbocycles. The Labute approximate surface area is 128 Å². The van der Waals surface area contributed by atoms with Crippen LogP contribution in [0.15, 0.2) is 36.5 Å². The van der Waals surface area contributed by atoms with Crippen molar-refractivity contribution in [1.29, 1.82) is 0 Å². The molecule has 21 heavy (non-hydrogen) atoms. The van der Waals surface area contributed by atoms with Crippen molar-refractivity contribution in [3.63, 3.8) is 0 Å². The number of nitrogens with zero attached hydrogens (tertiary/aromatic N) is 2. The van der Waals surface area contributed by atoms with Crippen LogP contribution in [0.1, 0.15) is 30.2 Å². The lowest BCUT2D eigenvalue weighted by Gasteiger charge is -2.17. The molecule has 2 aromatic rings. The number of nitrogens with one attached hydrogen (secondary N) is 1. The zero-order valence-corrected chi connectivity index (χ0v) is 13.1. The second kappa shape index (κ2) is 5.93. The van der Waals surface area contributed by atoms with Crippen LogP contribution in [0.2, 0.25) is 0 Å². The van der Waals surface area contributed by atoms with Gasteiger partial charge in [0.15, 0.2) is 0 Å². The van der Waals surface area contributed by atoms with Gasteiger partial charge in [-0.05, 0) is 11.5 Å². The van der Waals surface area contributed by atoms with E-state index in [0.29, 0.717) is 23.5 Å². The molecule has 2 heterocycles. The third kappa shape index (κ3) is 2.97. The fourth-order valence-electron chi connectivity index (χ4n) is 2.60. The molecule has 4 nitrogen and oxygen atoms in total. The summed E-state index contributed by atoms with van der Waals surface area (Å²) in [5, 5.41) is 7.82. The normalized spacial score (nSPS) is 18.2. The van der Waals surface area contributed by atoms with Crippen LogP contribution in [-0.2, 0) is 11.3 Å². The molecule has 1 amide bonds. The van der Waals surface area contributed by atoms with Gasteiger partial charge in [0, 0.05) is 10.8 Å². The van der Waals surface area contributed by atoms with Crippen molar-refractivity contribution >= 4 is 23.5 Å². The zero-order chi connectivity index (χ0) is 14.8. The maximum Gasteiger partial charge on any atom is 0.235 e. The number of anilines is 1. The SMILES string of the molecule is CC(C)[C@@H]1SCC(=O)Nc2c1cnn2Cc1ccccc1. The minimum atomic E-state index is 0.0548. The van der Waals surface area contributed by atoms with E-state index in [9.17, 15) is 4.79 Å². The number of amides is 1. The molecule has 0 aliphatic carbocycles. The number of fused-ring (bicyclic) bond motifs is 1. The molecule has 1 N–H and O–H groups in total. The molecule has 0 radical (unpaired) electrons. The van der Waals surface area contributed by atoms with Gasteiger partial charge in [-0.3, -0.25) is 4.79 Å². The molecule has 0 fully saturated rings. The summed E-state index contributed by atoms with van der Waals surface area (Å²) >= 11 is 1.70. The van der Waals surface area contributed by atoms with Crippen LogP contribution in [0.5, 0.6) is 0 Å². The number of aromatic nitrogens is 2. The lowest BCUT2D eigenvalue weighted by molar-refractivity contribution is -0.113. The van der Waals surface area contributed by atoms with Crippen molar-refractivity contribution < 1.29 is 4.79 Å². The van der Waals surface area contributed by atoms with Crippen molar-refractivity contribution in [2.45, 2.75) is 25.6 Å². The second-order valence-corrected chi connectivity index (χ2v) is 6.75. The number of hydrogen-bond acceptors (Lipinski definition) is 3. The van der Waals surface area contributed by atoms with Crippen LogP contribution < -0.4 is 5.32 Å². The van der Waals surface area contributed by atoms with Crippen molar-refractivity contribution in [2.75, 3.05) is 11.1 Å². The first kappa shape index (κ1) is 14.2. The van der Waals surface area contributed by atoms with Crippen molar-refractivity contribution in [1.82, 2.24) is 9.78 Å². The number of benzene rings is 1. The fourth-order valence-corrected chi connectivity index (χ4v) is 3.74. The summed E-state index contributed by atoms with van der Waals surface area (Å²) < 4.78 is 1.89. The van der Waals surface area contributed by atoms with E-state index in [0.717, 1.165) is 11.4 Å². The number of thioether (sulfide) groups is 1. The monoisotopic (exact) mass is 301 g/mol. The molecular weight excluding hydrogens is 282 g/mol. The first-order valence-corrected chi connectivity index (χ1v) is 8.21. The molecule has 1 aliphatic heterocycles. The van der Waals surface area contributed by atoms with Gasteiger partial charge in [-0.1, -0.05) is 44.2 Å². The molecule has 5 heteroatoms. The summed E-state index contributed by atoms with van der Waals surface area (Å²) in [7, 11) is 0. The van der Waals surface area contributed by atoms with Gasteiger partial charge in [0.25, 0.3) is 0 Å². The minimum absolute atomic E-state index is 0.0548. The molecule has 1 atom stereocenters. The Bertz CT molecular complexity index is 636. The highest BCUT2D eigenvalue weighted by Crippen LogP contribution is 2.41. The third-order valence-corrected chi connectivity index (χ3v) is 5.19. The summed E-state index contributed by atoms with van der Waals surface area (Å²) in [4.78, 5) is 11.9. The largest absolute Gasteiger partial charge is 0.310 e. The predicted octanol–water partition coefficient (Wildman–Crippen LogP) is 3.31. The summed E-state index contributed by atoms with van der Waals surface area (Å²) in [6, 6.07) is 10.2. The van der Waals surface area contributed by atoms with Gasteiger partial charge in [0.05, 0.1) is 18.5 Å². The molecule has 0 bridgehead atoms. The Morgan fingerprint density at radius 3 is 2.86 bits per heavy atom. The van der Waals surface area contributed by atoms with E-state index in [1.807, 2.05) is 29.1 Å². The van der Waals surface area contributed by atoms with Crippen LogP contribution in [-0.4, -0.2) is 21.4 Å². The highest BCUT2D eigenvalue weighted by Gasteiger charge is 2.28. The number of rotatable bonds is 3. The maximum absolute atomic E-state index is 11.9. The van der Waals surface area contributed by atoms with Crippen LogP contribution in [0, 0.1) is 5.92 Å². The van der Waals surface area contributed by atoms with Gasteiger partial charge < -0.3 is 5.32 Å². The van der Waals surface area contributed by atoms with E-state index in [2.05, 4.69) is 36.4 Å². The smallest absolute Gasteiger partial charge is 0.235 e. The Balaban J connectivity index is 1.95. The molecule has 3 rings (SSSR count). The highest BCUT2D eigenvalue weighted by atomic mass is 32.2. The molecule has 1 aliphatic rings. The maximum atomic E-state index is 11.9. The summed E-state index contributed by atoms with van der Waals surface area (Å²) in [5.74, 6) is 1.88. The number of hydrogen-bond donors (Lipinski definition) is 1. The van der Waals surface area contributed by atoms with Gasteiger partial charge in [-0.15, -0.1) is 11.8 Å². The van der Waals surface area contributed by atoms with Crippen molar-refractivity contribution in [2.24, 2.45) is 5.92 Å². The molecule has 0 saturated heterocycles. The zero-order valence-electron chi connectivity index (χ0n) is 12.2. The average Bonchev–Trinajstić information content (AvgIpc) is 2.75. The molecule has 0 unspecified atom stereocenters. The molecule has 110 valence electrons. The first-order valence-electron chi connectivity index (χ1n) is 7.16. The lowest BCUT2D eigenvalue weighted by Crippen LogP contribution is -2.16. The number of carbonyl (C=O) groups is 1. The lowest BCUT2D eigenvalue weighted by atomic mass is 10.0. The van der Waals surface area contributed by atoms with Gasteiger partial charge in [0.2, 0.25) is 5.91 Å². The van der Waals surface area contributed by atoms with E-state index in [-0.39, 0.29) is 5.91 Å². The van der Waals surface area contributed by atoms with Crippen LogP contribution >= 0.6 is 11.8 Å². The van der Waals surface area contributed by atoms with Crippen LogP contribution in [0.4, 0.5) is 5.82 Å². The topological polar surface area (TPSA) is 46.9 Å². The molecule has 1 aromatic carbocycles. The standard InChI is InChI=1S/C16H19N3OS/c1-11(2)15-13-8-17-19(9-12-6-4-3-5-7-12)16(13)18-14(20)10-21-15/h3-8,11,15H,9-10H2,1-2H3,(H,18,20)/t15-/m0/s1. The minimum Gasteiger partial charge on any atom is -0.310 e. The summed E-state index contributed by atoms with van der Waals surface area (Å²) in [5.41, 5.74) is 2.31. The fraction of sp³-hybridized carbons (Fsp3) is 0.375. The number of carbonyl (C=O) groups excluding carboxylic acids is 1. The second-order valence-electron chi connectivity index (χ2n) is 5.62. The molecular formula is C16H19N3OS.